The van der Waals surface area contributed by atoms with Crippen LogP contribution in [0, 0.1) is 0 Å². The lowest BCUT2D eigenvalue weighted by Crippen LogP contribution is -2.59. The minimum atomic E-state index is 0.0671. The summed E-state index contributed by atoms with van der Waals surface area (Å²) < 4.78 is 7.43. The van der Waals surface area contributed by atoms with E-state index in [1.165, 1.54) is 0 Å². The second-order valence-electron chi connectivity index (χ2n) is 5.34. The van der Waals surface area contributed by atoms with Crippen LogP contribution in [0.15, 0.2) is 12.3 Å². The molecule has 1 amide bonds. The van der Waals surface area contributed by atoms with Gasteiger partial charge in [-0.05, 0) is 19.5 Å². The molecule has 0 aromatic carbocycles. The average Bonchev–Trinajstić information content (AvgIpc) is 2.84. The number of carbonyl (C=O) groups excluding carboxylic acids is 1. The smallest absolute Gasteiger partial charge is 0.272 e. The van der Waals surface area contributed by atoms with Crippen LogP contribution in [-0.2, 0) is 11.8 Å². The van der Waals surface area contributed by atoms with Gasteiger partial charge in [-0.15, -0.1) is 0 Å². The molecule has 0 radical (unpaired) electrons. The predicted molar refractivity (Wildman–Crippen MR) is 69.9 cm³/mol. The minimum absolute atomic E-state index is 0.0671. The number of aromatic nitrogens is 2. The topological polar surface area (TPSA) is 50.6 Å². The van der Waals surface area contributed by atoms with E-state index < -0.39 is 0 Å². The molecular weight excluding hydrogens is 244 g/mol. The number of amides is 1. The van der Waals surface area contributed by atoms with E-state index in [-0.39, 0.29) is 12.0 Å². The Hall–Kier alpha value is -1.40. The number of fused-ring (bicyclic) bond motifs is 1. The van der Waals surface area contributed by atoms with Crippen molar-refractivity contribution in [1.82, 2.24) is 19.6 Å². The van der Waals surface area contributed by atoms with Gasteiger partial charge in [-0.3, -0.25) is 14.4 Å². The Morgan fingerprint density at radius 1 is 1.42 bits per heavy atom. The quantitative estimate of drug-likeness (QED) is 0.714. The van der Waals surface area contributed by atoms with Gasteiger partial charge in [-0.25, -0.2) is 0 Å². The number of morpholine rings is 1. The fourth-order valence-corrected chi connectivity index (χ4v) is 2.97. The number of likely N-dealkylation sites (N-methyl/N-ethyl adjacent to an activating group) is 1. The zero-order valence-electron chi connectivity index (χ0n) is 11.5. The average molecular weight is 264 g/mol. The Morgan fingerprint density at radius 3 is 3.00 bits per heavy atom. The lowest BCUT2D eigenvalue weighted by atomic mass is 9.99. The first-order valence-electron chi connectivity index (χ1n) is 6.76. The number of piperidine rings is 1. The Morgan fingerprint density at radius 2 is 2.26 bits per heavy atom. The van der Waals surface area contributed by atoms with Crippen LogP contribution in [0.1, 0.15) is 16.9 Å². The van der Waals surface area contributed by atoms with E-state index in [0.29, 0.717) is 11.7 Å². The fourth-order valence-electron chi connectivity index (χ4n) is 2.97. The fraction of sp³-hybridized carbons (Fsp3) is 0.692. The first-order chi connectivity index (χ1) is 9.16. The molecule has 6 heteroatoms. The first-order valence-corrected chi connectivity index (χ1v) is 6.76. The summed E-state index contributed by atoms with van der Waals surface area (Å²) in [6.45, 7) is 3.24. The van der Waals surface area contributed by atoms with Gasteiger partial charge in [-0.1, -0.05) is 0 Å². The third-order valence-corrected chi connectivity index (χ3v) is 4.19. The molecule has 0 aliphatic carbocycles. The Balaban J connectivity index is 1.73. The maximum absolute atomic E-state index is 12.5. The largest absolute Gasteiger partial charge is 0.375 e. The molecule has 19 heavy (non-hydrogen) atoms. The summed E-state index contributed by atoms with van der Waals surface area (Å²) in [5, 5.41) is 4.06. The normalized spacial score (nSPS) is 28.2. The summed E-state index contributed by atoms with van der Waals surface area (Å²) in [4.78, 5) is 16.7. The van der Waals surface area contributed by atoms with E-state index in [4.69, 9.17) is 4.74 Å². The van der Waals surface area contributed by atoms with E-state index >= 15 is 0 Å². The Bertz CT molecular complexity index is 473. The number of likely N-dealkylation sites (tertiary alicyclic amines) is 1. The number of hydrogen-bond donors (Lipinski definition) is 0. The van der Waals surface area contributed by atoms with E-state index in [2.05, 4.69) is 17.0 Å². The SMILES string of the molecule is CN1CCOC2CCN(C(=O)c3ccnn3C)C[C@@H]21. The molecule has 3 rings (SSSR count). The summed E-state index contributed by atoms with van der Waals surface area (Å²) in [5.41, 5.74) is 0.651. The zero-order chi connectivity index (χ0) is 13.4. The van der Waals surface area contributed by atoms with Crippen LogP contribution in [0.2, 0.25) is 0 Å². The van der Waals surface area contributed by atoms with Gasteiger partial charge in [0.05, 0.1) is 18.8 Å². The van der Waals surface area contributed by atoms with Gasteiger partial charge in [0.25, 0.3) is 5.91 Å². The van der Waals surface area contributed by atoms with Gasteiger partial charge in [0.1, 0.15) is 5.69 Å². The molecule has 0 spiro atoms. The van der Waals surface area contributed by atoms with E-state index in [0.717, 1.165) is 32.7 Å². The molecule has 104 valence electrons. The standard InChI is InChI=1S/C13H20N4O2/c1-15-7-8-19-12-4-6-17(9-11(12)15)13(18)10-3-5-14-16(10)2/h3,5,11-12H,4,6-9H2,1-2H3/t11-,12?/m0/s1. The molecule has 2 saturated heterocycles. The number of ether oxygens (including phenoxy) is 1. The van der Waals surface area contributed by atoms with Crippen LogP contribution in [0.25, 0.3) is 0 Å². The van der Waals surface area contributed by atoms with Gasteiger partial charge in [0, 0.05) is 32.9 Å². The molecule has 3 heterocycles. The summed E-state index contributed by atoms with van der Waals surface area (Å²) in [7, 11) is 3.91. The molecule has 1 aromatic heterocycles. The van der Waals surface area contributed by atoms with Crippen molar-refractivity contribution in [2.24, 2.45) is 7.05 Å². The molecule has 2 aliphatic rings. The van der Waals surface area contributed by atoms with Crippen LogP contribution in [0.5, 0.6) is 0 Å². The molecule has 1 unspecified atom stereocenters. The second kappa shape index (κ2) is 4.94. The van der Waals surface area contributed by atoms with Crippen molar-refractivity contribution in [2.45, 2.75) is 18.6 Å². The van der Waals surface area contributed by atoms with Crippen molar-refractivity contribution in [3.8, 4) is 0 Å². The summed E-state index contributed by atoms with van der Waals surface area (Å²) >= 11 is 0. The van der Waals surface area contributed by atoms with Crippen molar-refractivity contribution in [2.75, 3.05) is 33.3 Å². The van der Waals surface area contributed by atoms with E-state index in [1.54, 1.807) is 24.0 Å². The maximum atomic E-state index is 12.5. The third-order valence-electron chi connectivity index (χ3n) is 4.19. The monoisotopic (exact) mass is 264 g/mol. The summed E-state index contributed by atoms with van der Waals surface area (Å²) in [5.74, 6) is 0.0671. The van der Waals surface area contributed by atoms with Gasteiger partial charge in [0.2, 0.25) is 0 Å². The highest BCUT2D eigenvalue weighted by Crippen LogP contribution is 2.22. The second-order valence-corrected chi connectivity index (χ2v) is 5.34. The first kappa shape index (κ1) is 12.6. The van der Waals surface area contributed by atoms with Gasteiger partial charge < -0.3 is 9.64 Å². The highest BCUT2D eigenvalue weighted by molar-refractivity contribution is 5.92. The van der Waals surface area contributed by atoms with Crippen LogP contribution in [-0.4, -0.2) is 70.9 Å². The Kier molecular flexibility index (Phi) is 3.28. The van der Waals surface area contributed by atoms with Crippen molar-refractivity contribution >= 4 is 5.91 Å². The third kappa shape index (κ3) is 2.26. The molecule has 6 nitrogen and oxygen atoms in total. The molecule has 0 bridgehead atoms. The molecule has 2 aliphatic heterocycles. The lowest BCUT2D eigenvalue weighted by molar-refractivity contribution is -0.0894. The van der Waals surface area contributed by atoms with Crippen molar-refractivity contribution in [3.05, 3.63) is 18.0 Å². The van der Waals surface area contributed by atoms with Crippen LogP contribution >= 0.6 is 0 Å². The molecule has 0 saturated carbocycles. The number of nitrogens with zero attached hydrogens (tertiary/aromatic N) is 4. The highest BCUT2D eigenvalue weighted by Gasteiger charge is 2.37. The minimum Gasteiger partial charge on any atom is -0.375 e. The predicted octanol–water partition coefficient (Wildman–Crippen LogP) is -0.0348. The van der Waals surface area contributed by atoms with Gasteiger partial charge in [0.15, 0.2) is 0 Å². The Labute approximate surface area is 112 Å². The summed E-state index contributed by atoms with van der Waals surface area (Å²) in [6.07, 6.45) is 2.85. The van der Waals surface area contributed by atoms with Gasteiger partial charge >= 0.3 is 0 Å². The lowest BCUT2D eigenvalue weighted by Gasteiger charge is -2.45. The number of rotatable bonds is 1. The molecule has 1 aromatic rings. The van der Waals surface area contributed by atoms with Crippen molar-refractivity contribution in [1.29, 1.82) is 0 Å². The molecule has 0 N–H and O–H groups in total. The van der Waals surface area contributed by atoms with Crippen LogP contribution < -0.4 is 0 Å². The van der Waals surface area contributed by atoms with E-state index in [1.807, 2.05) is 4.90 Å². The molecular formula is C13H20N4O2. The van der Waals surface area contributed by atoms with Crippen LogP contribution in [0.4, 0.5) is 0 Å². The zero-order valence-corrected chi connectivity index (χ0v) is 11.5. The van der Waals surface area contributed by atoms with Gasteiger partial charge in [-0.2, -0.15) is 5.10 Å². The summed E-state index contributed by atoms with van der Waals surface area (Å²) in [6, 6.07) is 2.09. The highest BCUT2D eigenvalue weighted by atomic mass is 16.5. The maximum Gasteiger partial charge on any atom is 0.272 e. The number of aryl methyl sites for hydroxylation is 1. The number of carbonyl (C=O) groups is 1. The molecule has 2 atom stereocenters. The number of hydrogen-bond acceptors (Lipinski definition) is 4. The van der Waals surface area contributed by atoms with Crippen molar-refractivity contribution < 1.29 is 9.53 Å². The van der Waals surface area contributed by atoms with Crippen molar-refractivity contribution in [3.63, 3.8) is 0 Å². The van der Waals surface area contributed by atoms with E-state index in [9.17, 15) is 4.79 Å². The van der Waals surface area contributed by atoms with Crippen LogP contribution in [0.3, 0.4) is 0 Å². The molecule has 2 fully saturated rings.